The summed E-state index contributed by atoms with van der Waals surface area (Å²) in [6.07, 6.45) is 6.68. The van der Waals surface area contributed by atoms with Crippen LogP contribution in [0, 0.1) is 23.2 Å². The Labute approximate surface area is 661 Å². The lowest BCUT2D eigenvalue weighted by atomic mass is 9.83. The molecule has 4 heterocycles. The number of carbonyl (C=O) groups excluding carboxylic acids is 9. The maximum atomic E-state index is 14.1. The molecule has 12 N–H and O–H groups in total. The lowest BCUT2D eigenvalue weighted by molar-refractivity contribution is -0.282. The first-order valence-corrected chi connectivity index (χ1v) is 42.4. The van der Waals surface area contributed by atoms with Crippen molar-refractivity contribution < 1.29 is 132 Å². The van der Waals surface area contributed by atoms with E-state index < -0.39 is 111 Å². The number of aliphatic hydroxyl groups is 10. The minimum absolute atomic E-state index is 0.0139. The van der Waals surface area contributed by atoms with Crippen LogP contribution in [-0.2, 0) is 81.0 Å². The van der Waals surface area contributed by atoms with Crippen LogP contribution in [0.5, 0.6) is 0 Å². The summed E-state index contributed by atoms with van der Waals surface area (Å²) >= 11 is 1.50. The van der Waals surface area contributed by atoms with E-state index in [2.05, 4.69) is 10.6 Å². The summed E-state index contributed by atoms with van der Waals surface area (Å²) in [6.45, 7) is 4.68. The van der Waals surface area contributed by atoms with Gasteiger partial charge in [0.15, 0.2) is 18.4 Å². The van der Waals surface area contributed by atoms with Crippen molar-refractivity contribution in [2.75, 3.05) is 105 Å². The fraction of sp³-hybridized carbons (Fsp3) is 0.887. The van der Waals surface area contributed by atoms with E-state index in [9.17, 15) is 94.2 Å². The number of thioether (sulfide) groups is 1. The molecule has 4 aliphatic heterocycles. The molecule has 642 valence electrons. The van der Waals surface area contributed by atoms with E-state index in [-0.39, 0.29) is 188 Å². The topological polar surface area (TPSA) is 457 Å². The molecular weight excluding hydrogens is 1470 g/mol. The van der Waals surface area contributed by atoms with Gasteiger partial charge in [-0.3, -0.25) is 43.2 Å². The molecule has 16 unspecified atom stereocenters. The lowest BCUT2D eigenvalue weighted by Gasteiger charge is -2.40. The molecule has 30 nitrogen and oxygen atoms in total. The van der Waals surface area contributed by atoms with Crippen molar-refractivity contribution in [1.29, 1.82) is 0 Å². The van der Waals surface area contributed by atoms with E-state index in [1.807, 2.05) is 0 Å². The number of nitrogens with zero attached hydrogens (tertiary/aromatic N) is 1. The number of likely N-dealkylation sites (tertiary alicyclic amines) is 1. The molecule has 111 heavy (non-hydrogen) atoms. The molecule has 0 spiro atoms. The van der Waals surface area contributed by atoms with E-state index in [4.69, 9.17) is 37.9 Å². The number of Topliss-reactive ketones (excluding diaryl/α,β-unsaturated/α-hetero) is 6. The van der Waals surface area contributed by atoms with E-state index in [1.54, 1.807) is 20.8 Å². The van der Waals surface area contributed by atoms with Crippen LogP contribution >= 0.6 is 11.8 Å². The SMILES string of the molecule is CC1C(OCCCCC(=O)CCCCCC(=O)CCOCC(COCCC(=O)CCCCCC(=O)CCCCSC2OC(CO)C(O)C(O)C2C)(COCCC(=O)NCCCNC(=O)CCCCOC2OC(CO)C(O)C(O)C2C)CC(=O)CCCCCCCCCCC(=O)N2CC(=O)C[C@H]2CO)OC(CO)C(O)C1O. The number of ketones is 6. The summed E-state index contributed by atoms with van der Waals surface area (Å²) in [4.78, 5) is 118. The van der Waals surface area contributed by atoms with Crippen molar-refractivity contribution >= 4 is 64.2 Å². The first-order chi connectivity index (χ1) is 53.4. The van der Waals surface area contributed by atoms with Crippen LogP contribution < -0.4 is 10.6 Å². The molecule has 17 atom stereocenters. The Balaban J connectivity index is 1.26. The highest BCUT2D eigenvalue weighted by Gasteiger charge is 2.45. The highest BCUT2D eigenvalue weighted by molar-refractivity contribution is 7.99. The van der Waals surface area contributed by atoms with Crippen LogP contribution in [0.25, 0.3) is 0 Å². The molecule has 0 bridgehead atoms. The zero-order chi connectivity index (χ0) is 81.4. The Kier molecular flexibility index (Phi) is 52.0. The molecule has 0 aromatic rings. The van der Waals surface area contributed by atoms with Crippen LogP contribution in [0.3, 0.4) is 0 Å². The van der Waals surface area contributed by atoms with Gasteiger partial charge in [0, 0.05) is 139 Å². The van der Waals surface area contributed by atoms with Crippen molar-refractivity contribution in [3.05, 3.63) is 0 Å². The summed E-state index contributed by atoms with van der Waals surface area (Å²) in [5, 5.41) is 105. The van der Waals surface area contributed by atoms with Gasteiger partial charge in [0.2, 0.25) is 17.7 Å². The standard InChI is InChI=1S/C80H139N3O27S/c1-55-71(97)74(100)65(49-85)108-77(55)106-39-21-18-29-59(88)25-13-10-15-27-61(90)34-41-103-52-80(46-63(92)31-12-8-6-4-5-7-9-17-33-70(96)83-47-64(93)45-58(83)48-84,53-104-42-35-62(91)28-16-11-14-26-60(89)30-20-23-44-111-79-57(3)73(99)76(102)67(51-87)110-79)54-105-43-36-69(95)82-38-24-37-81-68(94)32-19-22-40-107-78-56(2)72(98)75(101)66(50-86)109-78/h55-58,65-67,71-79,84-87,97-102H,4-54H2,1-3H3,(H,81,94)(H,82,95)/t55?,56?,57?,58-,65?,66?,67?,71?,72?,73?,74?,75?,76?,77?,78?,79?,80?/m0/s1. The predicted octanol–water partition coefficient (Wildman–Crippen LogP) is 4.52. The fourth-order valence-corrected chi connectivity index (χ4v) is 15.4. The van der Waals surface area contributed by atoms with Gasteiger partial charge in [0.05, 0.1) is 97.0 Å². The summed E-state index contributed by atoms with van der Waals surface area (Å²) in [5.74, 6) is -1.17. The van der Waals surface area contributed by atoms with Crippen LogP contribution in [0.2, 0.25) is 0 Å². The summed E-state index contributed by atoms with van der Waals surface area (Å²) < 4.78 is 47.2. The van der Waals surface area contributed by atoms with Crippen LogP contribution in [0.1, 0.15) is 245 Å². The number of rotatable bonds is 66. The molecular formula is C80H139N3O27S. The van der Waals surface area contributed by atoms with Crippen molar-refractivity contribution in [3.63, 3.8) is 0 Å². The quantitative estimate of drug-likeness (QED) is 0.0372. The Morgan fingerprint density at radius 1 is 0.414 bits per heavy atom. The number of nitrogens with one attached hydrogen (secondary N) is 2. The second-order valence-corrected chi connectivity index (χ2v) is 32.3. The normalized spacial score (nSPS) is 26.1. The van der Waals surface area contributed by atoms with Gasteiger partial charge in [-0.05, 0) is 89.2 Å². The average Bonchev–Trinajstić information content (AvgIpc) is 1.48. The third-order valence-electron chi connectivity index (χ3n) is 21.4. The molecule has 0 aliphatic carbocycles. The fourth-order valence-electron chi connectivity index (χ4n) is 14.1. The molecule has 0 aromatic carbocycles. The molecule has 0 radical (unpaired) electrons. The van der Waals surface area contributed by atoms with Crippen molar-refractivity contribution in [2.45, 2.75) is 324 Å². The van der Waals surface area contributed by atoms with Gasteiger partial charge in [-0.25, -0.2) is 0 Å². The number of aliphatic hydroxyl groups excluding tert-OH is 10. The molecule has 4 rings (SSSR count). The van der Waals surface area contributed by atoms with E-state index in [0.29, 0.717) is 141 Å². The number of ether oxygens (including phenoxy) is 8. The van der Waals surface area contributed by atoms with Crippen LogP contribution in [-0.4, -0.2) is 292 Å². The van der Waals surface area contributed by atoms with Crippen molar-refractivity contribution in [1.82, 2.24) is 15.5 Å². The van der Waals surface area contributed by atoms with Gasteiger partial charge >= 0.3 is 0 Å². The molecule has 31 heteroatoms. The first kappa shape index (κ1) is 99.4. The molecule has 3 amide bonds. The second-order valence-electron chi connectivity index (χ2n) is 31.1. The molecule has 0 aromatic heterocycles. The van der Waals surface area contributed by atoms with E-state index in [0.717, 1.165) is 44.9 Å². The van der Waals surface area contributed by atoms with Crippen molar-refractivity contribution in [3.8, 4) is 0 Å². The Morgan fingerprint density at radius 2 is 0.784 bits per heavy atom. The first-order valence-electron chi connectivity index (χ1n) is 41.4. The van der Waals surface area contributed by atoms with Gasteiger partial charge < -0.3 is 104 Å². The smallest absolute Gasteiger partial charge is 0.223 e. The van der Waals surface area contributed by atoms with Crippen molar-refractivity contribution in [2.24, 2.45) is 23.2 Å². The van der Waals surface area contributed by atoms with Gasteiger partial charge in [-0.1, -0.05) is 72.1 Å². The number of unbranched alkanes of at least 4 members (excludes halogenated alkanes) is 14. The van der Waals surface area contributed by atoms with Gasteiger partial charge in [-0.2, -0.15) is 0 Å². The van der Waals surface area contributed by atoms with E-state index >= 15 is 0 Å². The average molecular weight is 1610 g/mol. The zero-order valence-corrected chi connectivity index (χ0v) is 67.4. The monoisotopic (exact) mass is 1610 g/mol. The molecule has 0 saturated carbocycles. The van der Waals surface area contributed by atoms with Gasteiger partial charge in [0.25, 0.3) is 0 Å². The largest absolute Gasteiger partial charge is 0.394 e. The highest BCUT2D eigenvalue weighted by Crippen LogP contribution is 2.35. The Bertz CT molecular complexity index is 2430. The summed E-state index contributed by atoms with van der Waals surface area (Å²) in [6, 6.07) is -0.437. The third-order valence-corrected chi connectivity index (χ3v) is 22.8. The third kappa shape index (κ3) is 39.7. The Hall–Kier alpha value is -3.94. The second kappa shape index (κ2) is 58.0. The highest BCUT2D eigenvalue weighted by atomic mass is 32.2. The number of hydrogen-bond donors (Lipinski definition) is 12. The Morgan fingerprint density at radius 3 is 1.24 bits per heavy atom. The predicted molar refractivity (Wildman–Crippen MR) is 410 cm³/mol. The molecule has 4 fully saturated rings. The number of carbonyl (C=O) groups is 9. The number of amides is 3. The maximum Gasteiger partial charge on any atom is 0.223 e. The molecule has 4 saturated heterocycles. The minimum Gasteiger partial charge on any atom is -0.394 e. The van der Waals surface area contributed by atoms with E-state index in [1.165, 1.54) is 16.7 Å². The van der Waals surface area contributed by atoms with Crippen LogP contribution in [0.4, 0.5) is 0 Å². The lowest BCUT2D eigenvalue weighted by Crippen LogP contribution is -2.55. The number of hydrogen-bond acceptors (Lipinski definition) is 28. The maximum absolute atomic E-state index is 14.1. The van der Waals surface area contributed by atoms with Gasteiger partial charge in [0.1, 0.15) is 71.0 Å². The molecule has 4 aliphatic rings. The summed E-state index contributed by atoms with van der Waals surface area (Å²) in [5.41, 5.74) is -1.46. The minimum atomic E-state index is -1.23. The van der Waals surface area contributed by atoms with Crippen LogP contribution in [0.15, 0.2) is 0 Å². The summed E-state index contributed by atoms with van der Waals surface area (Å²) in [7, 11) is 0. The zero-order valence-electron chi connectivity index (χ0n) is 66.6. The van der Waals surface area contributed by atoms with Gasteiger partial charge in [-0.15, -0.1) is 11.8 Å².